The Kier molecular flexibility index (Phi) is 11.4. The number of sulfonamides is 1. The smallest absolute Gasteiger partial charge is 0.410 e. The van der Waals surface area contributed by atoms with Gasteiger partial charge in [-0.15, -0.1) is 11.3 Å². The van der Waals surface area contributed by atoms with Gasteiger partial charge in [-0.1, -0.05) is 0 Å². The molecule has 0 bridgehead atoms. The van der Waals surface area contributed by atoms with Crippen LogP contribution in [0.5, 0.6) is 0 Å². The van der Waals surface area contributed by atoms with Crippen LogP contribution in [0.1, 0.15) is 64.8 Å². The number of hydrogen-bond acceptors (Lipinski definition) is 9. The molecule has 1 aliphatic rings. The number of hydrogen-bond donors (Lipinski definition) is 1. The second-order valence-electron chi connectivity index (χ2n) is 9.25. The summed E-state index contributed by atoms with van der Waals surface area (Å²) in [5, 5.41) is 21.0. The third kappa shape index (κ3) is 7.26. The van der Waals surface area contributed by atoms with E-state index in [9.17, 15) is 22.8 Å². The third-order valence-electron chi connectivity index (χ3n) is 6.77. The lowest BCUT2D eigenvalue weighted by Gasteiger charge is -2.27. The van der Waals surface area contributed by atoms with E-state index in [1.54, 1.807) is 16.7 Å². The highest BCUT2D eigenvalue weighted by molar-refractivity contribution is 7.89. The number of nitrogens with zero attached hydrogens (tertiary/aromatic N) is 5. The number of carbonyl (C=O) groups excluding carboxylic acids is 3. The van der Waals surface area contributed by atoms with E-state index in [1.807, 2.05) is 26.0 Å². The Labute approximate surface area is 250 Å². The van der Waals surface area contributed by atoms with Crippen LogP contribution in [0, 0.1) is 22.7 Å². The molecule has 1 N–H and O–H groups in total. The molecule has 1 aromatic heterocycles. The van der Waals surface area contributed by atoms with Gasteiger partial charge in [0.2, 0.25) is 10.0 Å². The van der Waals surface area contributed by atoms with Gasteiger partial charge >= 0.3 is 6.09 Å². The number of ether oxygens (including phenoxy) is 1. The minimum atomic E-state index is -3.99. The monoisotopic (exact) mass is 614 g/mol. The number of nitrogens with one attached hydrogen (secondary N) is 1. The lowest BCUT2D eigenvalue weighted by atomic mass is 10.0. The van der Waals surface area contributed by atoms with Gasteiger partial charge in [0.05, 0.1) is 35.7 Å². The van der Waals surface area contributed by atoms with Crippen LogP contribution < -0.4 is 5.32 Å². The second-order valence-corrected chi connectivity index (χ2v) is 12.3. The summed E-state index contributed by atoms with van der Waals surface area (Å²) in [5.41, 5.74) is 1.37. The SMILES string of the molecule is CCOC(=O)N1CCc2c(sc(NC(=O)c3ccc(S(=O)(=O)N(CCC#N)CCC#N)cc3)c2C(=O)N(CC)CC)C1. The fourth-order valence-electron chi connectivity index (χ4n) is 4.56. The Bertz CT molecular complexity index is 1470. The molecule has 0 atom stereocenters. The molecule has 0 unspecified atom stereocenters. The van der Waals surface area contributed by atoms with Crippen LogP contribution in [0.4, 0.5) is 9.80 Å². The van der Waals surface area contributed by atoms with Crippen molar-refractivity contribution in [3.05, 3.63) is 45.8 Å². The summed E-state index contributed by atoms with van der Waals surface area (Å²) in [5.74, 6) is -0.743. The van der Waals surface area contributed by atoms with E-state index in [0.717, 1.165) is 14.7 Å². The van der Waals surface area contributed by atoms with Gasteiger partial charge in [-0.05, 0) is 57.0 Å². The first kappa shape index (κ1) is 32.5. The summed E-state index contributed by atoms with van der Waals surface area (Å²) in [4.78, 5) is 43.1. The van der Waals surface area contributed by atoms with Crippen LogP contribution in [-0.4, -0.2) is 79.8 Å². The molecule has 1 aliphatic heterocycles. The minimum Gasteiger partial charge on any atom is -0.450 e. The van der Waals surface area contributed by atoms with Crippen LogP contribution in [0.3, 0.4) is 0 Å². The largest absolute Gasteiger partial charge is 0.450 e. The van der Waals surface area contributed by atoms with Gasteiger partial charge in [-0.3, -0.25) is 9.59 Å². The van der Waals surface area contributed by atoms with E-state index in [1.165, 1.54) is 35.6 Å². The maximum atomic E-state index is 13.5. The van der Waals surface area contributed by atoms with Crippen molar-refractivity contribution in [3.8, 4) is 12.1 Å². The average Bonchev–Trinajstić information content (AvgIpc) is 3.34. The number of anilines is 1. The average molecular weight is 615 g/mol. The van der Waals surface area contributed by atoms with Gasteiger partial charge in [-0.2, -0.15) is 14.8 Å². The molecule has 0 saturated heterocycles. The molecule has 0 saturated carbocycles. The number of thiophene rings is 1. The van der Waals surface area contributed by atoms with Crippen LogP contribution in [0.2, 0.25) is 0 Å². The Morgan fingerprint density at radius 2 is 1.67 bits per heavy atom. The topological polar surface area (TPSA) is 164 Å². The fourth-order valence-corrected chi connectivity index (χ4v) is 7.25. The first-order chi connectivity index (χ1) is 20.1. The van der Waals surface area contributed by atoms with E-state index in [2.05, 4.69) is 5.32 Å². The summed E-state index contributed by atoms with van der Waals surface area (Å²) < 4.78 is 32.4. The van der Waals surface area contributed by atoms with Crippen molar-refractivity contribution < 1.29 is 27.5 Å². The van der Waals surface area contributed by atoms with Gasteiger partial charge in [0, 0.05) is 56.0 Å². The first-order valence-corrected chi connectivity index (χ1v) is 15.9. The van der Waals surface area contributed by atoms with Crippen molar-refractivity contribution in [2.24, 2.45) is 0 Å². The number of rotatable bonds is 12. The molecule has 2 heterocycles. The summed E-state index contributed by atoms with van der Waals surface area (Å²) in [6.45, 7) is 7.22. The number of benzene rings is 1. The molecule has 224 valence electrons. The lowest BCUT2D eigenvalue weighted by molar-refractivity contribution is 0.0772. The fraction of sp³-hybridized carbons (Fsp3) is 0.464. The third-order valence-corrected chi connectivity index (χ3v) is 9.82. The zero-order valence-electron chi connectivity index (χ0n) is 23.9. The molecule has 2 aromatic rings. The summed E-state index contributed by atoms with van der Waals surface area (Å²) >= 11 is 1.23. The van der Waals surface area contributed by atoms with Crippen molar-refractivity contribution in [2.75, 3.05) is 44.6 Å². The molecular weight excluding hydrogens is 580 g/mol. The number of fused-ring (bicyclic) bond motifs is 1. The minimum absolute atomic E-state index is 0.0258. The molecule has 0 aliphatic carbocycles. The van der Waals surface area contributed by atoms with Crippen molar-refractivity contribution in [1.29, 1.82) is 10.5 Å². The molecule has 14 heteroatoms. The summed E-state index contributed by atoms with van der Waals surface area (Å²) in [6, 6.07) is 9.16. The Hall–Kier alpha value is -3.98. The molecule has 0 fully saturated rings. The van der Waals surface area contributed by atoms with Crippen molar-refractivity contribution >= 4 is 44.3 Å². The van der Waals surface area contributed by atoms with Crippen molar-refractivity contribution in [3.63, 3.8) is 0 Å². The maximum Gasteiger partial charge on any atom is 0.410 e. The van der Waals surface area contributed by atoms with Gasteiger partial charge in [-0.25, -0.2) is 13.2 Å². The summed E-state index contributed by atoms with van der Waals surface area (Å²) in [7, 11) is -3.99. The molecule has 3 amide bonds. The Balaban J connectivity index is 1.90. The Morgan fingerprint density at radius 3 is 2.21 bits per heavy atom. The quantitative estimate of drug-likeness (QED) is 0.377. The Morgan fingerprint density at radius 1 is 1.05 bits per heavy atom. The molecule has 0 spiro atoms. The molecule has 3 rings (SSSR count). The van der Waals surface area contributed by atoms with Gasteiger partial charge in [0.15, 0.2) is 0 Å². The molecule has 12 nitrogen and oxygen atoms in total. The summed E-state index contributed by atoms with van der Waals surface area (Å²) in [6.07, 6.45) is -0.0549. The number of carbonyl (C=O) groups is 3. The van der Waals surface area contributed by atoms with Crippen LogP contribution >= 0.6 is 11.3 Å². The highest BCUT2D eigenvalue weighted by Gasteiger charge is 2.32. The van der Waals surface area contributed by atoms with Crippen molar-refractivity contribution in [2.45, 2.75) is 51.5 Å². The second kappa shape index (κ2) is 14.8. The predicted molar refractivity (Wildman–Crippen MR) is 156 cm³/mol. The van der Waals surface area contributed by atoms with Gasteiger partial charge in [0.25, 0.3) is 11.8 Å². The highest BCUT2D eigenvalue weighted by Crippen LogP contribution is 2.38. The number of nitriles is 2. The van der Waals surface area contributed by atoms with E-state index in [-0.39, 0.29) is 55.4 Å². The predicted octanol–water partition coefficient (Wildman–Crippen LogP) is 3.82. The standard InChI is InChI=1S/C28H34N6O6S2/c1-4-32(5-2)27(36)24-22-13-18-33(28(37)40-6-3)19-23(22)41-26(24)31-25(35)20-9-11-21(12-10-20)42(38,39)34(16-7-14-29)17-8-15-30/h9-12H,4-8,13,16-19H2,1-3H3,(H,31,35). The highest BCUT2D eigenvalue weighted by atomic mass is 32.2. The lowest BCUT2D eigenvalue weighted by Crippen LogP contribution is -2.37. The van der Waals surface area contributed by atoms with E-state index < -0.39 is 22.0 Å². The molecular formula is C28H34N6O6S2. The van der Waals surface area contributed by atoms with Gasteiger partial charge in [0.1, 0.15) is 5.00 Å². The zero-order chi connectivity index (χ0) is 30.9. The van der Waals surface area contributed by atoms with E-state index in [0.29, 0.717) is 36.6 Å². The van der Waals surface area contributed by atoms with E-state index in [4.69, 9.17) is 15.3 Å². The van der Waals surface area contributed by atoms with Gasteiger partial charge < -0.3 is 19.9 Å². The zero-order valence-corrected chi connectivity index (χ0v) is 25.5. The van der Waals surface area contributed by atoms with Crippen LogP contribution in [0.25, 0.3) is 0 Å². The van der Waals surface area contributed by atoms with Crippen LogP contribution in [-0.2, 0) is 27.7 Å². The van der Waals surface area contributed by atoms with Crippen molar-refractivity contribution in [1.82, 2.24) is 14.1 Å². The molecule has 1 aromatic carbocycles. The maximum absolute atomic E-state index is 13.5. The normalized spacial score (nSPS) is 12.7. The first-order valence-electron chi connectivity index (χ1n) is 13.6. The van der Waals surface area contributed by atoms with Crippen LogP contribution in [0.15, 0.2) is 29.2 Å². The number of amides is 3. The van der Waals surface area contributed by atoms with E-state index >= 15 is 0 Å². The molecule has 0 radical (unpaired) electrons. The molecule has 42 heavy (non-hydrogen) atoms.